The molecule has 30 heavy (non-hydrogen) atoms. The first-order valence-corrected chi connectivity index (χ1v) is 13.0. The van der Waals surface area contributed by atoms with Crippen molar-refractivity contribution in [1.82, 2.24) is 4.98 Å². The van der Waals surface area contributed by atoms with E-state index in [0.717, 1.165) is 28.1 Å². The average molecular weight is 412 g/mol. The van der Waals surface area contributed by atoms with Crippen molar-refractivity contribution in [1.29, 1.82) is 0 Å². The number of pyridine rings is 1. The van der Waals surface area contributed by atoms with Crippen LogP contribution in [0.5, 0.6) is 0 Å². The van der Waals surface area contributed by atoms with Gasteiger partial charge < -0.3 is 4.42 Å². The highest BCUT2D eigenvalue weighted by atomic mass is 28.3. The van der Waals surface area contributed by atoms with Crippen molar-refractivity contribution in [2.45, 2.75) is 26.8 Å². The zero-order valence-corrected chi connectivity index (χ0v) is 17.7. The Bertz CT molecular complexity index is 1700. The number of aromatic nitrogens is 1. The van der Waals surface area contributed by atoms with Crippen molar-refractivity contribution in [3.05, 3.63) is 78.0 Å². The number of nitrogens with zero attached hydrogens (tertiary/aromatic N) is 1. The second-order valence-corrected chi connectivity index (χ2v) is 12.8. The van der Waals surface area contributed by atoms with Gasteiger partial charge in [0.25, 0.3) is 0 Å². The first kappa shape index (κ1) is 12.5. The first-order chi connectivity index (χ1) is 16.9. The summed E-state index contributed by atoms with van der Waals surface area (Å²) in [6.45, 7) is -0.468. The lowest BCUT2D eigenvalue weighted by atomic mass is 10.0. The quantitative estimate of drug-likeness (QED) is 0.313. The molecule has 3 aromatic carbocycles. The van der Waals surface area contributed by atoms with Crippen LogP contribution in [0.15, 0.2) is 71.3 Å². The van der Waals surface area contributed by atoms with Crippen molar-refractivity contribution >= 4 is 40.4 Å². The Morgan fingerprint density at radius 1 is 0.800 bits per heavy atom. The average Bonchev–Trinajstić information content (AvgIpc) is 3.31. The second-order valence-electron chi connectivity index (χ2n) is 8.43. The summed E-state index contributed by atoms with van der Waals surface area (Å²) in [5, 5.41) is 4.62. The third-order valence-electron chi connectivity index (χ3n) is 6.39. The third kappa shape index (κ3) is 2.21. The molecule has 0 bridgehead atoms. The molecule has 0 aliphatic carbocycles. The molecule has 0 N–H and O–H groups in total. The Labute approximate surface area is 185 Å². The molecular formula is C27H23NOSi. The summed E-state index contributed by atoms with van der Waals surface area (Å²) < 4.78 is 53.7. The summed E-state index contributed by atoms with van der Waals surface area (Å²) in [6.07, 6.45) is 1.16. The van der Waals surface area contributed by atoms with Gasteiger partial charge in [0.15, 0.2) is 0 Å². The molecule has 6 rings (SSSR count). The number of para-hydroxylation sites is 1. The topological polar surface area (TPSA) is 26.0 Å². The summed E-state index contributed by atoms with van der Waals surface area (Å²) in [4.78, 5) is 4.38. The number of rotatable bonds is 1. The van der Waals surface area contributed by atoms with Crippen LogP contribution in [0.3, 0.4) is 0 Å². The van der Waals surface area contributed by atoms with E-state index in [0.29, 0.717) is 16.8 Å². The zero-order chi connectivity index (χ0) is 25.6. The Morgan fingerprint density at radius 2 is 1.60 bits per heavy atom. The molecule has 2 aromatic heterocycles. The van der Waals surface area contributed by atoms with Gasteiger partial charge in [-0.1, -0.05) is 61.6 Å². The van der Waals surface area contributed by atoms with E-state index in [1.165, 1.54) is 22.0 Å². The fourth-order valence-corrected chi connectivity index (χ4v) is 7.90. The number of hydrogen-bond acceptors (Lipinski definition) is 2. The van der Waals surface area contributed by atoms with Crippen LogP contribution in [0.1, 0.15) is 19.4 Å². The Balaban J connectivity index is 1.64. The highest BCUT2D eigenvalue weighted by Crippen LogP contribution is 2.41. The van der Waals surface area contributed by atoms with Gasteiger partial charge in [0.2, 0.25) is 0 Å². The smallest absolute Gasteiger partial charge is 0.144 e. The van der Waals surface area contributed by atoms with E-state index in [-0.39, 0.29) is 11.1 Å². The summed E-state index contributed by atoms with van der Waals surface area (Å²) in [5.74, 6) is 0. The van der Waals surface area contributed by atoms with E-state index in [2.05, 4.69) is 54.5 Å². The minimum Gasteiger partial charge on any atom is -0.455 e. The van der Waals surface area contributed by atoms with Crippen LogP contribution in [-0.4, -0.2) is 13.1 Å². The predicted molar refractivity (Wildman–Crippen MR) is 129 cm³/mol. The van der Waals surface area contributed by atoms with Crippen LogP contribution in [0.25, 0.3) is 44.3 Å². The molecule has 0 saturated carbocycles. The minimum atomic E-state index is -2.59. The second kappa shape index (κ2) is 5.93. The largest absolute Gasteiger partial charge is 0.455 e. The minimum absolute atomic E-state index is 0.219. The Morgan fingerprint density at radius 3 is 2.47 bits per heavy atom. The fourth-order valence-electron chi connectivity index (χ4n) is 4.85. The summed E-state index contributed by atoms with van der Waals surface area (Å²) >= 11 is 0. The van der Waals surface area contributed by atoms with E-state index in [4.69, 9.17) is 12.6 Å². The van der Waals surface area contributed by atoms with Crippen LogP contribution in [-0.2, 0) is 0 Å². The van der Waals surface area contributed by atoms with Crippen LogP contribution in [0.2, 0.25) is 13.1 Å². The fraction of sp³-hybridized carbons (Fsp3) is 0.148. The molecule has 3 heteroatoms. The normalized spacial score (nSPS) is 18.1. The summed E-state index contributed by atoms with van der Waals surface area (Å²) in [5.41, 5.74) is 4.28. The highest BCUT2D eigenvalue weighted by Gasteiger charge is 2.39. The molecule has 0 spiro atoms. The van der Waals surface area contributed by atoms with Gasteiger partial charge in [-0.15, -0.1) is 0 Å². The monoisotopic (exact) mass is 411 g/mol. The third-order valence-corrected chi connectivity index (χ3v) is 9.94. The number of furan rings is 1. The van der Waals surface area contributed by atoms with Crippen molar-refractivity contribution in [2.75, 3.05) is 0 Å². The molecule has 3 heterocycles. The van der Waals surface area contributed by atoms with E-state index in [1.54, 1.807) is 0 Å². The van der Waals surface area contributed by atoms with Crippen molar-refractivity contribution in [3.63, 3.8) is 0 Å². The molecule has 0 unspecified atom stereocenters. The molecule has 2 nitrogen and oxygen atoms in total. The standard InChI is InChI=1S/C27H23NOSi/c1-16-14-22(28-15-17(16)2)20-10-7-9-18-19-12-13-24-25(27(19)29-26(18)20)21-8-5-6-11-23(21)30(24,3)4/h5-15H,1-4H3/i1D3,2D3. The molecule has 0 radical (unpaired) electrons. The first-order valence-electron chi connectivity index (χ1n) is 13.0. The van der Waals surface area contributed by atoms with Crippen molar-refractivity contribution in [3.8, 4) is 22.4 Å². The molecule has 1 aliphatic rings. The summed E-state index contributed by atoms with van der Waals surface area (Å²) in [6, 6.07) is 19.9. The molecule has 0 fully saturated rings. The molecule has 0 atom stereocenters. The van der Waals surface area contributed by atoms with Gasteiger partial charge in [-0.3, -0.25) is 4.98 Å². The van der Waals surface area contributed by atoms with E-state index >= 15 is 0 Å². The van der Waals surface area contributed by atoms with Gasteiger partial charge in [-0.2, -0.15) is 0 Å². The van der Waals surface area contributed by atoms with E-state index < -0.39 is 21.8 Å². The lowest BCUT2D eigenvalue weighted by Crippen LogP contribution is -2.49. The Hall–Kier alpha value is -3.17. The van der Waals surface area contributed by atoms with Crippen LogP contribution < -0.4 is 10.4 Å². The lowest BCUT2D eigenvalue weighted by molar-refractivity contribution is 0.671. The SMILES string of the molecule is [2H]C([2H])([2H])c1cnc(-c2cccc3c2oc2c4c(ccc23)[Si](C)(C)c2ccccc2-4)cc1C([2H])([2H])[2H]. The molecule has 5 aromatic rings. The molecule has 0 amide bonds. The predicted octanol–water partition coefficient (Wildman–Crippen LogP) is 6.07. The van der Waals surface area contributed by atoms with Gasteiger partial charge in [-0.25, -0.2) is 0 Å². The van der Waals surface area contributed by atoms with Crippen molar-refractivity contribution < 1.29 is 12.6 Å². The van der Waals surface area contributed by atoms with Crippen molar-refractivity contribution in [2.24, 2.45) is 0 Å². The van der Waals surface area contributed by atoms with Crippen LogP contribution >= 0.6 is 0 Å². The lowest BCUT2D eigenvalue weighted by Gasteiger charge is -2.18. The van der Waals surface area contributed by atoms with Gasteiger partial charge in [0, 0.05) is 36.3 Å². The van der Waals surface area contributed by atoms with E-state index in [1.807, 2.05) is 18.2 Å². The number of fused-ring (bicyclic) bond motifs is 7. The highest BCUT2D eigenvalue weighted by molar-refractivity contribution is 7.04. The number of benzene rings is 3. The summed E-state index contributed by atoms with van der Waals surface area (Å²) in [7, 11) is -1.87. The van der Waals surface area contributed by atoms with Gasteiger partial charge in [0.05, 0.1) is 5.69 Å². The van der Waals surface area contributed by atoms with Gasteiger partial charge in [-0.05, 0) is 52.9 Å². The van der Waals surface area contributed by atoms with Gasteiger partial charge in [0.1, 0.15) is 19.2 Å². The molecular weight excluding hydrogens is 382 g/mol. The van der Waals surface area contributed by atoms with Gasteiger partial charge >= 0.3 is 0 Å². The number of aryl methyl sites for hydroxylation is 2. The maximum Gasteiger partial charge on any atom is 0.144 e. The Kier molecular flexibility index (Phi) is 2.47. The van der Waals surface area contributed by atoms with E-state index in [9.17, 15) is 0 Å². The number of hydrogen-bond donors (Lipinski definition) is 0. The molecule has 0 saturated heterocycles. The molecule has 1 aliphatic heterocycles. The van der Waals surface area contributed by atoms with Crippen LogP contribution in [0, 0.1) is 13.7 Å². The van der Waals surface area contributed by atoms with Crippen LogP contribution in [0.4, 0.5) is 0 Å². The molecule has 146 valence electrons. The maximum atomic E-state index is 7.93. The maximum absolute atomic E-state index is 7.93. The zero-order valence-electron chi connectivity index (χ0n) is 22.7.